The van der Waals surface area contributed by atoms with Gasteiger partial charge in [-0.15, -0.1) is 0 Å². The third-order valence-corrected chi connectivity index (χ3v) is 5.94. The van der Waals surface area contributed by atoms with Crippen LogP contribution in [0.25, 0.3) is 0 Å². The van der Waals surface area contributed by atoms with E-state index >= 15 is 0 Å². The van der Waals surface area contributed by atoms with Gasteiger partial charge in [0.1, 0.15) is 11.5 Å². The monoisotopic (exact) mass is 436 g/mol. The summed E-state index contributed by atoms with van der Waals surface area (Å²) in [6.07, 6.45) is 0. The van der Waals surface area contributed by atoms with Crippen LogP contribution in [-0.2, 0) is 26.0 Å². The van der Waals surface area contributed by atoms with Gasteiger partial charge in [-0.2, -0.15) is 0 Å². The second kappa shape index (κ2) is 10.0. The molecule has 0 unspecified atom stereocenters. The molecule has 0 heterocycles. The van der Waals surface area contributed by atoms with Gasteiger partial charge in [-0.1, -0.05) is 60.7 Å². The van der Waals surface area contributed by atoms with Gasteiger partial charge in [0, 0.05) is 11.4 Å². The van der Waals surface area contributed by atoms with Crippen molar-refractivity contribution < 1.29 is 18.0 Å². The Kier molecular flexibility index (Phi) is 7.20. The first kappa shape index (κ1) is 22.2. The minimum absolute atomic E-state index is 0.231. The lowest BCUT2D eigenvalue weighted by Gasteiger charge is -2.23. The molecule has 7 heteroatoms. The molecule has 2 amide bonds. The summed E-state index contributed by atoms with van der Waals surface area (Å²) in [5, 5.41) is 2.57. The number of nitrogens with zero attached hydrogens (tertiary/aromatic N) is 1. The van der Waals surface area contributed by atoms with E-state index in [1.165, 1.54) is 4.90 Å². The fourth-order valence-electron chi connectivity index (χ4n) is 3.13. The van der Waals surface area contributed by atoms with Crippen LogP contribution < -0.4 is 10.2 Å². The van der Waals surface area contributed by atoms with Crippen LogP contribution in [0.2, 0.25) is 0 Å². The first-order chi connectivity index (χ1) is 14.8. The maximum atomic E-state index is 13.0. The number of aryl methyl sites for hydroxylation is 1. The van der Waals surface area contributed by atoms with E-state index in [0.29, 0.717) is 11.4 Å². The summed E-state index contributed by atoms with van der Waals surface area (Å²) in [4.78, 5) is 26.6. The van der Waals surface area contributed by atoms with Crippen molar-refractivity contribution in [2.45, 2.75) is 13.5 Å². The van der Waals surface area contributed by atoms with Crippen LogP contribution in [0, 0.1) is 6.92 Å². The second-order valence-electron chi connectivity index (χ2n) is 7.25. The Hall–Kier alpha value is -3.45. The van der Waals surface area contributed by atoms with E-state index in [2.05, 4.69) is 5.32 Å². The minimum atomic E-state index is -3.96. The van der Waals surface area contributed by atoms with Crippen molar-refractivity contribution in [2.75, 3.05) is 21.7 Å². The summed E-state index contributed by atoms with van der Waals surface area (Å²) in [5.41, 5.74) is 2.92. The number of amides is 2. The van der Waals surface area contributed by atoms with Crippen molar-refractivity contribution in [3.05, 3.63) is 96.1 Å². The number of hydrogen-bond donors (Lipinski definition) is 1. The van der Waals surface area contributed by atoms with Crippen LogP contribution in [0.3, 0.4) is 0 Å². The van der Waals surface area contributed by atoms with E-state index < -0.39 is 33.2 Å². The van der Waals surface area contributed by atoms with Crippen molar-refractivity contribution in [3.8, 4) is 0 Å². The predicted octanol–water partition coefficient (Wildman–Crippen LogP) is 3.58. The number of benzene rings is 3. The van der Waals surface area contributed by atoms with Gasteiger partial charge < -0.3 is 10.2 Å². The van der Waals surface area contributed by atoms with E-state index in [4.69, 9.17) is 0 Å². The zero-order valence-electron chi connectivity index (χ0n) is 17.2. The molecule has 0 aliphatic rings. The van der Waals surface area contributed by atoms with Crippen LogP contribution in [0.5, 0.6) is 0 Å². The van der Waals surface area contributed by atoms with Crippen LogP contribution in [0.4, 0.5) is 11.4 Å². The molecular formula is C24H24N2O4S. The fraction of sp³-hybridized carbons (Fsp3) is 0.167. The maximum absolute atomic E-state index is 13.0. The zero-order chi connectivity index (χ0) is 22.3. The molecule has 0 bridgehead atoms. The second-order valence-corrected chi connectivity index (χ2v) is 9.32. The summed E-state index contributed by atoms with van der Waals surface area (Å²) in [5.74, 6) is -2.78. The number of rotatable bonds is 8. The van der Waals surface area contributed by atoms with E-state index in [1.807, 2.05) is 49.4 Å². The average molecular weight is 437 g/mol. The van der Waals surface area contributed by atoms with Crippen molar-refractivity contribution in [1.29, 1.82) is 0 Å². The molecule has 3 rings (SSSR count). The quantitative estimate of drug-likeness (QED) is 0.585. The Balaban J connectivity index is 1.71. The number of anilines is 2. The molecule has 160 valence electrons. The molecule has 0 aliphatic carbocycles. The lowest BCUT2D eigenvalue weighted by Crippen LogP contribution is -2.37. The van der Waals surface area contributed by atoms with Gasteiger partial charge >= 0.3 is 0 Å². The Morgan fingerprint density at radius 1 is 0.839 bits per heavy atom. The molecule has 0 aliphatic heterocycles. The average Bonchev–Trinajstić information content (AvgIpc) is 2.72. The van der Waals surface area contributed by atoms with E-state index in [1.54, 1.807) is 42.5 Å². The van der Waals surface area contributed by atoms with Crippen molar-refractivity contribution in [3.63, 3.8) is 0 Å². The standard InChI is InChI=1S/C24H24N2O4S/c1-19-9-8-12-21(15-19)25-23(27)17-31(29,30)18-24(28)26(22-13-6-3-7-14-22)16-20-10-4-2-5-11-20/h2-15H,16-18H2,1H3,(H,25,27). The van der Waals surface area contributed by atoms with Crippen LogP contribution >= 0.6 is 0 Å². The Bertz CT molecular complexity index is 1150. The zero-order valence-corrected chi connectivity index (χ0v) is 18.0. The maximum Gasteiger partial charge on any atom is 0.242 e. The Morgan fingerprint density at radius 2 is 1.48 bits per heavy atom. The highest BCUT2D eigenvalue weighted by molar-refractivity contribution is 7.92. The van der Waals surface area contributed by atoms with Gasteiger partial charge in [0.25, 0.3) is 0 Å². The normalized spacial score (nSPS) is 11.0. The summed E-state index contributed by atoms with van der Waals surface area (Å²) < 4.78 is 25.2. The number of carbonyl (C=O) groups excluding carboxylic acids is 2. The third-order valence-electron chi connectivity index (χ3n) is 4.55. The summed E-state index contributed by atoms with van der Waals surface area (Å²) >= 11 is 0. The van der Waals surface area contributed by atoms with Gasteiger partial charge in [0.2, 0.25) is 11.8 Å². The van der Waals surface area contributed by atoms with Crippen molar-refractivity contribution in [1.82, 2.24) is 0 Å². The Morgan fingerprint density at radius 3 is 2.13 bits per heavy atom. The lowest BCUT2D eigenvalue weighted by molar-refractivity contribution is -0.116. The van der Waals surface area contributed by atoms with E-state index in [9.17, 15) is 18.0 Å². The van der Waals surface area contributed by atoms with Gasteiger partial charge in [-0.05, 0) is 42.3 Å². The predicted molar refractivity (Wildman–Crippen MR) is 123 cm³/mol. The largest absolute Gasteiger partial charge is 0.325 e. The van der Waals surface area contributed by atoms with Gasteiger partial charge in [0.05, 0.1) is 6.54 Å². The van der Waals surface area contributed by atoms with Crippen molar-refractivity contribution in [2.24, 2.45) is 0 Å². The molecule has 0 aromatic heterocycles. The number of sulfone groups is 1. The van der Waals surface area contributed by atoms with Crippen LogP contribution in [0.1, 0.15) is 11.1 Å². The molecule has 0 radical (unpaired) electrons. The molecule has 6 nitrogen and oxygen atoms in total. The Labute approximate surface area is 182 Å². The summed E-state index contributed by atoms with van der Waals surface area (Å²) in [6.45, 7) is 2.10. The lowest BCUT2D eigenvalue weighted by atomic mass is 10.2. The minimum Gasteiger partial charge on any atom is -0.325 e. The molecule has 0 saturated carbocycles. The SMILES string of the molecule is Cc1cccc(NC(=O)CS(=O)(=O)CC(=O)N(Cc2ccccc2)c2ccccc2)c1. The molecule has 0 saturated heterocycles. The number of para-hydroxylation sites is 1. The number of hydrogen-bond acceptors (Lipinski definition) is 4. The highest BCUT2D eigenvalue weighted by Gasteiger charge is 2.25. The summed E-state index contributed by atoms with van der Waals surface area (Å²) in [6, 6.07) is 25.3. The van der Waals surface area contributed by atoms with Crippen LogP contribution in [0.15, 0.2) is 84.9 Å². The first-order valence-electron chi connectivity index (χ1n) is 9.79. The summed E-state index contributed by atoms with van der Waals surface area (Å²) in [7, 11) is -3.96. The number of carbonyl (C=O) groups is 2. The highest BCUT2D eigenvalue weighted by Crippen LogP contribution is 2.18. The van der Waals surface area contributed by atoms with Gasteiger partial charge in [-0.25, -0.2) is 8.42 Å². The first-order valence-corrected chi connectivity index (χ1v) is 11.6. The van der Waals surface area contributed by atoms with Crippen molar-refractivity contribution >= 4 is 33.0 Å². The third kappa shape index (κ3) is 6.79. The topological polar surface area (TPSA) is 83.5 Å². The molecule has 1 N–H and O–H groups in total. The van der Waals surface area contributed by atoms with Gasteiger partial charge in [-0.3, -0.25) is 9.59 Å². The fourth-order valence-corrected chi connectivity index (χ4v) is 4.24. The molecular weight excluding hydrogens is 412 g/mol. The molecule has 31 heavy (non-hydrogen) atoms. The molecule has 0 spiro atoms. The molecule has 0 atom stereocenters. The highest BCUT2D eigenvalue weighted by atomic mass is 32.2. The molecule has 3 aromatic rings. The number of nitrogens with one attached hydrogen (secondary N) is 1. The van der Waals surface area contributed by atoms with Crippen LogP contribution in [-0.4, -0.2) is 31.7 Å². The van der Waals surface area contributed by atoms with E-state index in [-0.39, 0.29) is 6.54 Å². The molecule has 0 fully saturated rings. The van der Waals surface area contributed by atoms with Gasteiger partial charge in [0.15, 0.2) is 9.84 Å². The smallest absolute Gasteiger partial charge is 0.242 e. The van der Waals surface area contributed by atoms with E-state index in [0.717, 1.165) is 11.1 Å². The molecule has 3 aromatic carbocycles.